The van der Waals surface area contributed by atoms with Crippen LogP contribution < -0.4 is 0 Å². The largest absolute Gasteiger partial charge is 0.342 e. The number of amides is 1. The van der Waals surface area contributed by atoms with Crippen LogP contribution in [0, 0.1) is 11.8 Å². The molecule has 0 spiro atoms. The summed E-state index contributed by atoms with van der Waals surface area (Å²) in [4.78, 5) is 14.8. The van der Waals surface area contributed by atoms with Crippen LogP contribution in [0.3, 0.4) is 0 Å². The zero-order valence-electron chi connectivity index (χ0n) is 13.3. The maximum atomic E-state index is 12.8. The van der Waals surface area contributed by atoms with Crippen LogP contribution in [0.15, 0.2) is 24.3 Å². The first-order valence-electron chi connectivity index (χ1n) is 8.07. The van der Waals surface area contributed by atoms with Crippen molar-refractivity contribution in [2.75, 3.05) is 13.1 Å². The second kappa shape index (κ2) is 7.31. The summed E-state index contributed by atoms with van der Waals surface area (Å²) in [5.41, 5.74) is 1.18. The minimum Gasteiger partial charge on any atom is -0.342 e. The van der Waals surface area contributed by atoms with E-state index in [1.807, 2.05) is 18.2 Å². The number of carbonyl (C=O) groups is 1. The number of nitrogens with zero attached hydrogens (tertiary/aromatic N) is 1. The van der Waals surface area contributed by atoms with Gasteiger partial charge in [0.15, 0.2) is 0 Å². The summed E-state index contributed by atoms with van der Waals surface area (Å²) in [6.07, 6.45) is 3.22. The molecule has 1 aliphatic rings. The van der Waals surface area contributed by atoms with E-state index in [4.69, 9.17) is 11.6 Å². The summed E-state index contributed by atoms with van der Waals surface area (Å²) in [6.45, 7) is 8.31. The van der Waals surface area contributed by atoms with Crippen LogP contribution in [0.5, 0.6) is 0 Å². The van der Waals surface area contributed by atoms with Crippen LogP contribution >= 0.6 is 11.6 Å². The number of hydrogen-bond donors (Lipinski definition) is 0. The first-order chi connectivity index (χ1) is 10.0. The lowest BCUT2D eigenvalue weighted by Gasteiger charge is -2.34. The quantitative estimate of drug-likeness (QED) is 0.787. The lowest BCUT2D eigenvalue weighted by Crippen LogP contribution is -2.42. The fourth-order valence-electron chi connectivity index (χ4n) is 3.30. The van der Waals surface area contributed by atoms with E-state index in [0.29, 0.717) is 5.91 Å². The Bertz CT molecular complexity index is 480. The van der Waals surface area contributed by atoms with E-state index in [1.54, 1.807) is 0 Å². The molecule has 1 aliphatic heterocycles. The molecule has 21 heavy (non-hydrogen) atoms. The lowest BCUT2D eigenvalue weighted by atomic mass is 9.84. The Morgan fingerprint density at radius 2 is 2.05 bits per heavy atom. The van der Waals surface area contributed by atoms with Crippen molar-refractivity contribution in [3.63, 3.8) is 0 Å². The van der Waals surface area contributed by atoms with Gasteiger partial charge < -0.3 is 4.90 Å². The molecule has 0 bridgehead atoms. The van der Waals surface area contributed by atoms with E-state index in [9.17, 15) is 4.79 Å². The zero-order chi connectivity index (χ0) is 15.4. The van der Waals surface area contributed by atoms with Crippen molar-refractivity contribution in [1.29, 1.82) is 0 Å². The maximum Gasteiger partial charge on any atom is 0.226 e. The molecule has 0 aliphatic carbocycles. The van der Waals surface area contributed by atoms with Crippen molar-refractivity contribution < 1.29 is 4.79 Å². The first kappa shape index (κ1) is 16.4. The van der Waals surface area contributed by atoms with E-state index in [0.717, 1.165) is 43.3 Å². The monoisotopic (exact) mass is 307 g/mol. The summed E-state index contributed by atoms with van der Waals surface area (Å²) >= 11 is 6.10. The SMILES string of the molecule is CCC(c1cccc(Cl)c1)C(C)C(=O)N1CCC(C)CC1. The van der Waals surface area contributed by atoms with Gasteiger partial charge in [-0.1, -0.05) is 44.5 Å². The van der Waals surface area contributed by atoms with Gasteiger partial charge in [-0.15, -0.1) is 0 Å². The van der Waals surface area contributed by atoms with Gasteiger partial charge in [0, 0.05) is 24.0 Å². The summed E-state index contributed by atoms with van der Waals surface area (Å²) in [6, 6.07) is 7.94. The van der Waals surface area contributed by atoms with Crippen LogP contribution in [-0.2, 0) is 4.79 Å². The molecular formula is C18H26ClNO. The fourth-order valence-corrected chi connectivity index (χ4v) is 3.50. The molecule has 2 nitrogen and oxygen atoms in total. The Morgan fingerprint density at radius 3 is 2.62 bits per heavy atom. The van der Waals surface area contributed by atoms with E-state index < -0.39 is 0 Å². The molecule has 0 radical (unpaired) electrons. The lowest BCUT2D eigenvalue weighted by molar-refractivity contribution is -0.137. The first-order valence-corrected chi connectivity index (χ1v) is 8.45. The highest BCUT2D eigenvalue weighted by Crippen LogP contribution is 2.31. The maximum absolute atomic E-state index is 12.8. The van der Waals surface area contributed by atoms with Gasteiger partial charge in [0.1, 0.15) is 0 Å². The van der Waals surface area contributed by atoms with Crippen LogP contribution in [0.4, 0.5) is 0 Å². The molecule has 0 saturated carbocycles. The van der Waals surface area contributed by atoms with Gasteiger partial charge in [0.2, 0.25) is 5.91 Å². The van der Waals surface area contributed by atoms with E-state index in [1.165, 1.54) is 5.56 Å². The Morgan fingerprint density at radius 1 is 1.38 bits per heavy atom. The van der Waals surface area contributed by atoms with E-state index in [-0.39, 0.29) is 11.8 Å². The standard InChI is InChI=1S/C18H26ClNO/c1-4-17(15-6-5-7-16(19)12-15)14(3)18(21)20-10-8-13(2)9-11-20/h5-7,12-14,17H,4,8-11H2,1-3H3. The normalized spacial score (nSPS) is 19.3. The van der Waals surface area contributed by atoms with Gasteiger partial charge >= 0.3 is 0 Å². The van der Waals surface area contributed by atoms with Crippen LogP contribution in [0.25, 0.3) is 0 Å². The molecule has 116 valence electrons. The van der Waals surface area contributed by atoms with Crippen molar-refractivity contribution in [2.24, 2.45) is 11.8 Å². The number of halogens is 1. The number of benzene rings is 1. The molecular weight excluding hydrogens is 282 g/mol. The van der Waals surface area contributed by atoms with Crippen LogP contribution in [0.2, 0.25) is 5.02 Å². The average Bonchev–Trinajstić information content (AvgIpc) is 2.48. The highest BCUT2D eigenvalue weighted by atomic mass is 35.5. The third kappa shape index (κ3) is 4.00. The van der Waals surface area contributed by atoms with Gasteiger partial charge in [-0.2, -0.15) is 0 Å². The molecule has 0 N–H and O–H groups in total. The third-order valence-electron chi connectivity index (χ3n) is 4.81. The number of hydrogen-bond acceptors (Lipinski definition) is 1. The van der Waals surface area contributed by atoms with Crippen LogP contribution in [-0.4, -0.2) is 23.9 Å². The van der Waals surface area contributed by atoms with Gasteiger partial charge in [0.05, 0.1) is 0 Å². The van der Waals surface area contributed by atoms with Crippen LogP contribution in [0.1, 0.15) is 51.5 Å². The van der Waals surface area contributed by atoms with Crippen molar-refractivity contribution in [3.8, 4) is 0 Å². The van der Waals surface area contributed by atoms with Gasteiger partial charge in [-0.3, -0.25) is 4.79 Å². The highest BCUT2D eigenvalue weighted by Gasteiger charge is 2.29. The smallest absolute Gasteiger partial charge is 0.226 e. The zero-order valence-corrected chi connectivity index (χ0v) is 14.1. The second-order valence-corrected chi connectivity index (χ2v) is 6.80. The minimum atomic E-state index is 0.0156. The van der Waals surface area contributed by atoms with E-state index in [2.05, 4.69) is 31.7 Å². The molecule has 2 rings (SSSR count). The number of rotatable bonds is 4. The molecule has 2 atom stereocenters. The summed E-state index contributed by atoms with van der Waals surface area (Å²) in [5.74, 6) is 1.31. The molecule has 0 aromatic heterocycles. The summed E-state index contributed by atoms with van der Waals surface area (Å²) in [5, 5.41) is 0.748. The molecule has 3 heteroatoms. The Labute approximate surface area is 133 Å². The summed E-state index contributed by atoms with van der Waals surface area (Å²) < 4.78 is 0. The molecule has 1 saturated heterocycles. The molecule has 1 heterocycles. The van der Waals surface area contributed by atoms with E-state index >= 15 is 0 Å². The Kier molecular flexibility index (Phi) is 5.69. The average molecular weight is 308 g/mol. The van der Waals surface area contributed by atoms with Gasteiger partial charge in [-0.25, -0.2) is 0 Å². The minimum absolute atomic E-state index is 0.0156. The predicted octanol–water partition coefficient (Wildman–Crippen LogP) is 4.73. The molecule has 1 aromatic carbocycles. The Balaban J connectivity index is 2.09. The summed E-state index contributed by atoms with van der Waals surface area (Å²) in [7, 11) is 0. The van der Waals surface area contributed by atoms with Gasteiger partial charge in [-0.05, 0) is 48.8 Å². The fraction of sp³-hybridized carbons (Fsp3) is 0.611. The number of piperidine rings is 1. The predicted molar refractivity (Wildman–Crippen MR) is 88.6 cm³/mol. The van der Waals surface area contributed by atoms with Crippen molar-refractivity contribution in [3.05, 3.63) is 34.9 Å². The molecule has 1 aromatic rings. The Hall–Kier alpha value is -1.02. The molecule has 2 unspecified atom stereocenters. The molecule has 1 fully saturated rings. The van der Waals surface area contributed by atoms with Gasteiger partial charge in [0.25, 0.3) is 0 Å². The van der Waals surface area contributed by atoms with Crippen molar-refractivity contribution in [2.45, 2.75) is 46.0 Å². The molecule has 1 amide bonds. The second-order valence-electron chi connectivity index (χ2n) is 6.37. The highest BCUT2D eigenvalue weighted by molar-refractivity contribution is 6.30. The van der Waals surface area contributed by atoms with Crippen molar-refractivity contribution in [1.82, 2.24) is 4.90 Å². The van der Waals surface area contributed by atoms with Crippen molar-refractivity contribution >= 4 is 17.5 Å². The number of likely N-dealkylation sites (tertiary alicyclic amines) is 1. The third-order valence-corrected chi connectivity index (χ3v) is 5.04. The topological polar surface area (TPSA) is 20.3 Å². The number of carbonyl (C=O) groups excluding carboxylic acids is 1.